The molecule has 4 aromatic rings. The molecule has 0 aliphatic heterocycles. The molecule has 0 saturated carbocycles. The fourth-order valence-electron chi connectivity index (χ4n) is 2.29. The summed E-state index contributed by atoms with van der Waals surface area (Å²) in [7, 11) is 0. The zero-order valence-electron chi connectivity index (χ0n) is 13.8. The highest BCUT2D eigenvalue weighted by atomic mass is 15.1. The first kappa shape index (κ1) is 16.6. The van der Waals surface area contributed by atoms with E-state index < -0.39 is 0 Å². The molecule has 0 saturated heterocycles. The average molecular weight is 332 g/mol. The first-order chi connectivity index (χ1) is 12.4. The molecule has 0 bridgehead atoms. The molecule has 126 valence electrons. The van der Waals surface area contributed by atoms with Crippen LogP contribution < -0.4 is 11.1 Å². The Hall–Kier alpha value is -3.25. The molecule has 0 radical (unpaired) electrons. The molecule has 6 heteroatoms. The number of benzene rings is 2. The van der Waals surface area contributed by atoms with Crippen molar-refractivity contribution in [2.24, 2.45) is 5.73 Å². The minimum Gasteiger partial charge on any atom is -0.364 e. The molecule has 4 N–H and O–H groups in total. The molecular formula is C19H20N6. The van der Waals surface area contributed by atoms with Gasteiger partial charge < -0.3 is 16.0 Å². The second kappa shape index (κ2) is 8.56. The number of imidazole rings is 1. The van der Waals surface area contributed by atoms with E-state index in [1.807, 2.05) is 48.5 Å². The largest absolute Gasteiger partial charge is 0.364 e. The van der Waals surface area contributed by atoms with Crippen molar-refractivity contribution in [3.05, 3.63) is 84.4 Å². The Bertz CT molecular complexity index is 889. The minimum absolute atomic E-state index is 0.640. The minimum atomic E-state index is 0.640. The van der Waals surface area contributed by atoms with Crippen LogP contribution in [0.2, 0.25) is 0 Å². The van der Waals surface area contributed by atoms with E-state index in [2.05, 4.69) is 37.4 Å². The summed E-state index contributed by atoms with van der Waals surface area (Å²) >= 11 is 0. The highest BCUT2D eigenvalue weighted by Crippen LogP contribution is 2.15. The molecular weight excluding hydrogens is 312 g/mol. The van der Waals surface area contributed by atoms with E-state index in [1.165, 1.54) is 17.5 Å². The van der Waals surface area contributed by atoms with E-state index in [-0.39, 0.29) is 0 Å². The van der Waals surface area contributed by atoms with Gasteiger partial charge in [-0.15, -0.1) is 0 Å². The third-order valence-electron chi connectivity index (χ3n) is 3.60. The van der Waals surface area contributed by atoms with Gasteiger partial charge in [-0.25, -0.2) is 15.0 Å². The summed E-state index contributed by atoms with van der Waals surface area (Å²) in [5.74, 6) is 0.774. The monoisotopic (exact) mass is 332 g/mol. The van der Waals surface area contributed by atoms with Gasteiger partial charge >= 0.3 is 0 Å². The van der Waals surface area contributed by atoms with Crippen LogP contribution in [0.25, 0.3) is 11.2 Å². The lowest BCUT2D eigenvalue weighted by Crippen LogP contribution is -2.02. The summed E-state index contributed by atoms with van der Waals surface area (Å²) in [4.78, 5) is 15.4. The quantitative estimate of drug-likeness (QED) is 0.534. The van der Waals surface area contributed by atoms with E-state index in [4.69, 9.17) is 5.73 Å². The smallest absolute Gasteiger partial charge is 0.182 e. The normalized spacial score (nSPS) is 10.1. The fourth-order valence-corrected chi connectivity index (χ4v) is 2.29. The highest BCUT2D eigenvalue weighted by molar-refractivity contribution is 5.81. The molecule has 2 heterocycles. The highest BCUT2D eigenvalue weighted by Gasteiger charge is 2.04. The van der Waals surface area contributed by atoms with Gasteiger partial charge in [0, 0.05) is 13.1 Å². The van der Waals surface area contributed by atoms with Crippen molar-refractivity contribution in [1.82, 2.24) is 19.9 Å². The van der Waals surface area contributed by atoms with Crippen LogP contribution >= 0.6 is 0 Å². The second-order valence-corrected chi connectivity index (χ2v) is 5.35. The van der Waals surface area contributed by atoms with Crippen LogP contribution in [-0.4, -0.2) is 19.9 Å². The number of rotatable bonds is 4. The van der Waals surface area contributed by atoms with Crippen LogP contribution in [-0.2, 0) is 13.1 Å². The first-order valence-corrected chi connectivity index (χ1v) is 8.02. The number of nitrogens with two attached hydrogens (primary N) is 1. The molecule has 2 aromatic heterocycles. The molecule has 25 heavy (non-hydrogen) atoms. The Morgan fingerprint density at radius 3 is 2.16 bits per heavy atom. The van der Waals surface area contributed by atoms with E-state index >= 15 is 0 Å². The first-order valence-electron chi connectivity index (χ1n) is 8.02. The lowest BCUT2D eigenvalue weighted by molar-refractivity contribution is 1.07. The van der Waals surface area contributed by atoms with Crippen LogP contribution in [0.15, 0.2) is 73.3 Å². The Balaban J connectivity index is 0.000000192. The van der Waals surface area contributed by atoms with E-state index in [1.54, 1.807) is 6.33 Å². The molecule has 2 aromatic carbocycles. The lowest BCUT2D eigenvalue weighted by Gasteiger charge is -2.05. The predicted octanol–water partition coefficient (Wildman–Crippen LogP) is 3.11. The van der Waals surface area contributed by atoms with Crippen molar-refractivity contribution in [1.29, 1.82) is 0 Å². The zero-order valence-corrected chi connectivity index (χ0v) is 13.8. The number of aromatic amines is 1. The van der Waals surface area contributed by atoms with Crippen molar-refractivity contribution < 1.29 is 0 Å². The lowest BCUT2D eigenvalue weighted by atomic mass is 10.2. The molecule has 0 atom stereocenters. The summed E-state index contributed by atoms with van der Waals surface area (Å²) < 4.78 is 0. The van der Waals surface area contributed by atoms with Gasteiger partial charge in [-0.1, -0.05) is 60.7 Å². The standard InChI is InChI=1S/C12H11N5.C7H9N/c1-2-4-9(5-3-1)6-13-11-10-12(15-7-14-10)17-8-16-11;8-6-7-4-2-1-3-5-7/h1-5,7-8H,6H2,(H2,13,14,15,16,17);1-5H,6,8H2. The Morgan fingerprint density at radius 1 is 0.840 bits per heavy atom. The maximum Gasteiger partial charge on any atom is 0.182 e. The van der Waals surface area contributed by atoms with Crippen molar-refractivity contribution in [2.75, 3.05) is 5.32 Å². The number of aromatic nitrogens is 4. The zero-order chi connectivity index (χ0) is 17.3. The van der Waals surface area contributed by atoms with Crippen molar-refractivity contribution in [3.63, 3.8) is 0 Å². The Labute approximate surface area is 146 Å². The van der Waals surface area contributed by atoms with Gasteiger partial charge in [0.25, 0.3) is 0 Å². The number of nitrogens with zero attached hydrogens (tertiary/aromatic N) is 3. The number of hydrogen-bond donors (Lipinski definition) is 3. The van der Waals surface area contributed by atoms with Crippen molar-refractivity contribution in [3.8, 4) is 0 Å². The molecule has 0 amide bonds. The summed E-state index contributed by atoms with van der Waals surface area (Å²) in [5, 5.41) is 3.27. The Kier molecular flexibility index (Phi) is 5.68. The predicted molar refractivity (Wildman–Crippen MR) is 99.8 cm³/mol. The van der Waals surface area contributed by atoms with Crippen molar-refractivity contribution in [2.45, 2.75) is 13.1 Å². The number of fused-ring (bicyclic) bond motifs is 1. The molecule has 4 rings (SSSR count). The Morgan fingerprint density at radius 2 is 1.52 bits per heavy atom. The van der Waals surface area contributed by atoms with E-state index in [0.29, 0.717) is 12.2 Å². The number of H-pyrrole nitrogens is 1. The summed E-state index contributed by atoms with van der Waals surface area (Å²) in [6.07, 6.45) is 3.13. The molecule has 0 spiro atoms. The van der Waals surface area contributed by atoms with Crippen LogP contribution in [0.3, 0.4) is 0 Å². The van der Waals surface area contributed by atoms with Gasteiger partial charge in [-0.05, 0) is 11.1 Å². The fraction of sp³-hybridized carbons (Fsp3) is 0.105. The third-order valence-corrected chi connectivity index (χ3v) is 3.60. The molecule has 0 aliphatic carbocycles. The SMILES string of the molecule is NCc1ccccc1.c1ccc(CNc2ncnc3nc[nH]c23)cc1. The van der Waals surface area contributed by atoms with Gasteiger partial charge in [0.1, 0.15) is 11.8 Å². The van der Waals surface area contributed by atoms with E-state index in [0.717, 1.165) is 17.9 Å². The van der Waals surface area contributed by atoms with Gasteiger partial charge in [0.05, 0.1) is 6.33 Å². The molecule has 0 aliphatic rings. The third kappa shape index (κ3) is 4.62. The van der Waals surface area contributed by atoms with Gasteiger partial charge in [0.15, 0.2) is 11.5 Å². The number of anilines is 1. The number of hydrogen-bond acceptors (Lipinski definition) is 5. The van der Waals surface area contributed by atoms with Crippen molar-refractivity contribution >= 4 is 17.0 Å². The maximum atomic E-state index is 5.35. The number of nitrogens with one attached hydrogen (secondary N) is 2. The summed E-state index contributed by atoms with van der Waals surface area (Å²) in [6.45, 7) is 1.37. The summed E-state index contributed by atoms with van der Waals surface area (Å²) in [6, 6.07) is 20.2. The van der Waals surface area contributed by atoms with E-state index in [9.17, 15) is 0 Å². The molecule has 0 unspecified atom stereocenters. The molecule has 6 nitrogen and oxygen atoms in total. The second-order valence-electron chi connectivity index (χ2n) is 5.35. The summed E-state index contributed by atoms with van der Waals surface area (Å²) in [5.41, 5.74) is 9.26. The van der Waals surface area contributed by atoms with Gasteiger partial charge in [-0.2, -0.15) is 0 Å². The molecule has 0 fully saturated rings. The van der Waals surface area contributed by atoms with Gasteiger partial charge in [0.2, 0.25) is 0 Å². The van der Waals surface area contributed by atoms with Gasteiger partial charge in [-0.3, -0.25) is 0 Å². The average Bonchev–Trinajstić information content (AvgIpc) is 3.18. The van der Waals surface area contributed by atoms with Crippen LogP contribution in [0.4, 0.5) is 5.82 Å². The van der Waals surface area contributed by atoms with Crippen LogP contribution in [0, 0.1) is 0 Å². The van der Waals surface area contributed by atoms with Crippen LogP contribution in [0.1, 0.15) is 11.1 Å². The topological polar surface area (TPSA) is 92.5 Å². The van der Waals surface area contributed by atoms with Crippen LogP contribution in [0.5, 0.6) is 0 Å². The maximum absolute atomic E-state index is 5.35.